The Morgan fingerprint density at radius 1 is 1.36 bits per heavy atom. The molecule has 86 valence electrons. The summed E-state index contributed by atoms with van der Waals surface area (Å²) in [5, 5.41) is 0. The summed E-state index contributed by atoms with van der Waals surface area (Å²) in [6.07, 6.45) is 0.148. The number of hydrogen-bond donors (Lipinski definition) is 1. The van der Waals surface area contributed by atoms with Crippen molar-refractivity contribution in [1.82, 2.24) is 4.90 Å². The zero-order chi connectivity index (χ0) is 11.4. The van der Waals surface area contributed by atoms with Gasteiger partial charge in [-0.05, 0) is 34.2 Å². The third-order valence-electron chi connectivity index (χ3n) is 3.26. The standard InChI is InChI=1S/C11H26N2O/c1-7-13(9(2)3)11(5,8-12)10(4)14-6/h9-10H,7-8,12H2,1-6H3. The van der Waals surface area contributed by atoms with Crippen LogP contribution in [-0.2, 0) is 4.74 Å². The molecular formula is C11H26N2O. The lowest BCUT2D eigenvalue weighted by atomic mass is 9.92. The molecule has 0 aliphatic carbocycles. The van der Waals surface area contributed by atoms with Crippen molar-refractivity contribution in [2.24, 2.45) is 5.73 Å². The van der Waals surface area contributed by atoms with Crippen molar-refractivity contribution < 1.29 is 4.74 Å². The molecular weight excluding hydrogens is 176 g/mol. The highest BCUT2D eigenvalue weighted by Crippen LogP contribution is 2.22. The van der Waals surface area contributed by atoms with Crippen molar-refractivity contribution in [3.63, 3.8) is 0 Å². The van der Waals surface area contributed by atoms with Gasteiger partial charge in [-0.1, -0.05) is 6.92 Å². The summed E-state index contributed by atoms with van der Waals surface area (Å²) in [5.74, 6) is 0. The molecule has 0 aliphatic heterocycles. The van der Waals surface area contributed by atoms with E-state index in [1.165, 1.54) is 0 Å². The molecule has 0 saturated carbocycles. The van der Waals surface area contributed by atoms with Crippen molar-refractivity contribution in [3.8, 4) is 0 Å². The monoisotopic (exact) mass is 202 g/mol. The van der Waals surface area contributed by atoms with Gasteiger partial charge in [0.25, 0.3) is 0 Å². The van der Waals surface area contributed by atoms with E-state index < -0.39 is 0 Å². The van der Waals surface area contributed by atoms with Crippen molar-refractivity contribution in [2.75, 3.05) is 20.2 Å². The second kappa shape index (κ2) is 5.69. The van der Waals surface area contributed by atoms with E-state index in [0.29, 0.717) is 12.6 Å². The summed E-state index contributed by atoms with van der Waals surface area (Å²) in [6, 6.07) is 0.492. The SMILES string of the molecule is CCN(C(C)C)C(C)(CN)C(C)OC. The number of nitrogens with two attached hydrogens (primary N) is 1. The third-order valence-corrected chi connectivity index (χ3v) is 3.26. The van der Waals surface area contributed by atoms with Gasteiger partial charge in [-0.3, -0.25) is 4.90 Å². The Hall–Kier alpha value is -0.120. The highest BCUT2D eigenvalue weighted by molar-refractivity contribution is 4.93. The Kier molecular flexibility index (Phi) is 5.64. The van der Waals surface area contributed by atoms with Crippen LogP contribution in [0.3, 0.4) is 0 Å². The van der Waals surface area contributed by atoms with Crippen molar-refractivity contribution >= 4 is 0 Å². The van der Waals surface area contributed by atoms with Crippen LogP contribution in [0.15, 0.2) is 0 Å². The predicted octanol–water partition coefficient (Wildman–Crippen LogP) is 1.47. The Bertz CT molecular complexity index is 161. The van der Waals surface area contributed by atoms with Crippen LogP contribution in [0.25, 0.3) is 0 Å². The molecule has 0 bridgehead atoms. The summed E-state index contributed by atoms with van der Waals surface area (Å²) >= 11 is 0. The van der Waals surface area contributed by atoms with Crippen LogP contribution in [0.1, 0.15) is 34.6 Å². The molecule has 0 rings (SSSR count). The number of ether oxygens (including phenoxy) is 1. The molecule has 0 aromatic rings. The number of hydrogen-bond acceptors (Lipinski definition) is 3. The summed E-state index contributed by atoms with van der Waals surface area (Å²) in [4.78, 5) is 2.39. The molecule has 0 fully saturated rings. The van der Waals surface area contributed by atoms with Gasteiger partial charge in [-0.2, -0.15) is 0 Å². The van der Waals surface area contributed by atoms with E-state index in [4.69, 9.17) is 10.5 Å². The first-order valence-corrected chi connectivity index (χ1v) is 5.43. The largest absolute Gasteiger partial charge is 0.380 e. The van der Waals surface area contributed by atoms with Gasteiger partial charge in [0.1, 0.15) is 0 Å². The van der Waals surface area contributed by atoms with Gasteiger partial charge in [0.2, 0.25) is 0 Å². The van der Waals surface area contributed by atoms with E-state index in [9.17, 15) is 0 Å². The minimum atomic E-state index is -0.0718. The van der Waals surface area contributed by atoms with Gasteiger partial charge >= 0.3 is 0 Å². The van der Waals surface area contributed by atoms with Gasteiger partial charge in [0.05, 0.1) is 11.6 Å². The maximum Gasteiger partial charge on any atom is 0.0736 e. The second-order valence-electron chi connectivity index (χ2n) is 4.32. The molecule has 3 nitrogen and oxygen atoms in total. The van der Waals surface area contributed by atoms with Crippen LogP contribution >= 0.6 is 0 Å². The first-order valence-electron chi connectivity index (χ1n) is 5.43. The smallest absolute Gasteiger partial charge is 0.0736 e. The molecule has 0 aromatic carbocycles. The Morgan fingerprint density at radius 3 is 2.07 bits per heavy atom. The zero-order valence-electron chi connectivity index (χ0n) is 10.5. The summed E-state index contributed by atoms with van der Waals surface area (Å²) in [5.41, 5.74) is 5.80. The van der Waals surface area contributed by atoms with E-state index >= 15 is 0 Å². The maximum atomic E-state index is 5.88. The molecule has 0 heterocycles. The van der Waals surface area contributed by atoms with Gasteiger partial charge in [0, 0.05) is 19.7 Å². The highest BCUT2D eigenvalue weighted by Gasteiger charge is 2.36. The topological polar surface area (TPSA) is 38.5 Å². The van der Waals surface area contributed by atoms with E-state index in [1.807, 2.05) is 0 Å². The van der Waals surface area contributed by atoms with Crippen LogP contribution in [0.5, 0.6) is 0 Å². The number of likely N-dealkylation sites (N-methyl/N-ethyl adjacent to an activating group) is 1. The summed E-state index contributed by atoms with van der Waals surface area (Å²) in [7, 11) is 1.74. The lowest BCUT2D eigenvalue weighted by Crippen LogP contribution is -2.60. The predicted molar refractivity (Wildman–Crippen MR) is 61.4 cm³/mol. The van der Waals surface area contributed by atoms with Gasteiger partial charge in [-0.15, -0.1) is 0 Å². The summed E-state index contributed by atoms with van der Waals surface area (Å²) < 4.78 is 5.42. The molecule has 0 radical (unpaired) electrons. The Balaban J connectivity index is 4.79. The van der Waals surface area contributed by atoms with Crippen LogP contribution < -0.4 is 5.73 Å². The fourth-order valence-corrected chi connectivity index (χ4v) is 2.09. The van der Waals surface area contributed by atoms with Gasteiger partial charge in [0.15, 0.2) is 0 Å². The molecule has 0 aliphatic rings. The van der Waals surface area contributed by atoms with E-state index in [-0.39, 0.29) is 11.6 Å². The molecule has 2 atom stereocenters. The first kappa shape index (κ1) is 13.9. The maximum absolute atomic E-state index is 5.88. The van der Waals surface area contributed by atoms with Crippen LogP contribution in [-0.4, -0.2) is 42.8 Å². The van der Waals surface area contributed by atoms with Crippen molar-refractivity contribution in [2.45, 2.75) is 52.3 Å². The first-order chi connectivity index (χ1) is 6.43. The molecule has 2 unspecified atom stereocenters. The molecule has 14 heavy (non-hydrogen) atoms. The average molecular weight is 202 g/mol. The summed E-state index contributed by atoms with van der Waals surface area (Å²) in [6.45, 7) is 12.4. The fraction of sp³-hybridized carbons (Fsp3) is 1.00. The zero-order valence-corrected chi connectivity index (χ0v) is 10.5. The lowest BCUT2D eigenvalue weighted by molar-refractivity contribution is -0.0425. The molecule has 0 spiro atoms. The van der Waals surface area contributed by atoms with Gasteiger partial charge < -0.3 is 10.5 Å². The van der Waals surface area contributed by atoms with E-state index in [2.05, 4.69) is 39.5 Å². The Morgan fingerprint density at radius 2 is 1.86 bits per heavy atom. The number of nitrogens with zero attached hydrogens (tertiary/aromatic N) is 1. The fourth-order valence-electron chi connectivity index (χ4n) is 2.09. The van der Waals surface area contributed by atoms with Crippen LogP contribution in [0.2, 0.25) is 0 Å². The quantitative estimate of drug-likeness (QED) is 0.709. The lowest BCUT2D eigenvalue weighted by Gasteiger charge is -2.46. The average Bonchev–Trinajstić information content (AvgIpc) is 2.16. The van der Waals surface area contributed by atoms with E-state index in [1.54, 1.807) is 7.11 Å². The van der Waals surface area contributed by atoms with E-state index in [0.717, 1.165) is 6.54 Å². The number of methoxy groups -OCH3 is 1. The molecule has 0 aromatic heterocycles. The van der Waals surface area contributed by atoms with Crippen LogP contribution in [0.4, 0.5) is 0 Å². The normalized spacial score (nSPS) is 18.6. The van der Waals surface area contributed by atoms with Crippen molar-refractivity contribution in [3.05, 3.63) is 0 Å². The third kappa shape index (κ3) is 2.69. The molecule has 0 saturated heterocycles. The van der Waals surface area contributed by atoms with Crippen molar-refractivity contribution in [1.29, 1.82) is 0 Å². The molecule has 2 N–H and O–H groups in total. The Labute approximate surface area is 88.6 Å². The second-order valence-corrected chi connectivity index (χ2v) is 4.32. The molecule has 0 amide bonds. The number of rotatable bonds is 6. The van der Waals surface area contributed by atoms with Gasteiger partial charge in [-0.25, -0.2) is 0 Å². The molecule has 3 heteroatoms. The highest BCUT2D eigenvalue weighted by atomic mass is 16.5. The minimum Gasteiger partial charge on any atom is -0.380 e. The minimum absolute atomic E-state index is 0.0718. The van der Waals surface area contributed by atoms with Crippen LogP contribution in [0, 0.1) is 0 Å².